The highest BCUT2D eigenvalue weighted by molar-refractivity contribution is 5.84. The molecule has 0 aromatic carbocycles. The molecule has 0 atom stereocenters. The molecule has 5 heteroatoms. The Balaban J connectivity index is 0. The van der Waals surface area contributed by atoms with Crippen molar-refractivity contribution in [2.75, 3.05) is 7.11 Å². The Morgan fingerprint density at radius 1 is 1.33 bits per heavy atom. The number of esters is 1. The third-order valence-corrected chi connectivity index (χ3v) is 1.90. The van der Waals surface area contributed by atoms with Crippen molar-refractivity contribution in [3.05, 3.63) is 61.0 Å². The molecule has 21 heavy (non-hydrogen) atoms. The number of aryl methyl sites for hydroxylation is 1. The quantitative estimate of drug-likeness (QED) is 0.684. The monoisotopic (exact) mass is 291 g/mol. The summed E-state index contributed by atoms with van der Waals surface area (Å²) < 4.78 is 4.14. The predicted molar refractivity (Wildman–Crippen MR) is 83.7 cm³/mol. The number of carbonyl (C=O) groups is 2. The fourth-order valence-corrected chi connectivity index (χ4v) is 0.683. The summed E-state index contributed by atoms with van der Waals surface area (Å²) in [5.74, 6) is -1.33. The largest absolute Gasteiger partial charge is 0.478 e. The Bertz CT molecular complexity index is 475. The highest BCUT2D eigenvalue weighted by Crippen LogP contribution is 1.98. The first-order valence-corrected chi connectivity index (χ1v) is 5.92. The van der Waals surface area contributed by atoms with Crippen LogP contribution in [0.3, 0.4) is 0 Å². The van der Waals surface area contributed by atoms with E-state index in [4.69, 9.17) is 5.11 Å². The Hall–Kier alpha value is -2.69. The summed E-state index contributed by atoms with van der Waals surface area (Å²) in [5.41, 5.74) is 2.29. The minimum Gasteiger partial charge on any atom is -0.478 e. The number of pyridine rings is 1. The van der Waals surface area contributed by atoms with Gasteiger partial charge in [-0.25, -0.2) is 9.59 Å². The molecule has 1 heterocycles. The molecule has 0 spiro atoms. The number of ether oxygens (including phenoxy) is 1. The van der Waals surface area contributed by atoms with Crippen molar-refractivity contribution in [3.8, 4) is 0 Å². The van der Waals surface area contributed by atoms with Gasteiger partial charge in [0.05, 0.1) is 7.11 Å². The average Bonchev–Trinajstić information content (AvgIpc) is 2.48. The zero-order valence-electron chi connectivity index (χ0n) is 12.6. The lowest BCUT2D eigenvalue weighted by atomic mass is 10.2. The first kappa shape index (κ1) is 20.6. The second-order valence-electron chi connectivity index (χ2n) is 3.75. The standard InChI is InChI=1S/C8H9N.2C4H6O2/c1-3-8-5-4-7(2)9-6-8;1-3-4(5)6-2;1-3(2)4(5)6/h3-6H,1H2,2H3;3H,1H2,2H3;1H2,2H3,(H,5,6). The van der Waals surface area contributed by atoms with Crippen molar-refractivity contribution in [1.82, 2.24) is 4.98 Å². The Kier molecular flexibility index (Phi) is 12.1. The van der Waals surface area contributed by atoms with Gasteiger partial charge in [-0.2, -0.15) is 0 Å². The molecule has 0 bridgehead atoms. The number of carboxylic acids is 1. The maximum absolute atomic E-state index is 9.84. The van der Waals surface area contributed by atoms with E-state index >= 15 is 0 Å². The average molecular weight is 291 g/mol. The molecule has 0 amide bonds. The molecular formula is C16H21NO4. The normalized spacial score (nSPS) is 7.95. The van der Waals surface area contributed by atoms with E-state index in [2.05, 4.69) is 29.5 Å². The lowest BCUT2D eigenvalue weighted by Gasteiger charge is -1.90. The number of nitrogens with zero attached hydrogens (tertiary/aromatic N) is 1. The molecular weight excluding hydrogens is 270 g/mol. The van der Waals surface area contributed by atoms with E-state index in [-0.39, 0.29) is 5.57 Å². The fraction of sp³-hybridized carbons (Fsp3) is 0.188. The SMILES string of the molecule is C=C(C)C(=O)O.C=CC(=O)OC.C=Cc1ccc(C)nc1. The first-order valence-electron chi connectivity index (χ1n) is 5.92. The summed E-state index contributed by atoms with van der Waals surface area (Å²) >= 11 is 0. The van der Waals surface area contributed by atoms with Crippen molar-refractivity contribution in [2.45, 2.75) is 13.8 Å². The van der Waals surface area contributed by atoms with E-state index < -0.39 is 11.9 Å². The van der Waals surface area contributed by atoms with Gasteiger partial charge >= 0.3 is 11.9 Å². The Morgan fingerprint density at radius 3 is 2.05 bits per heavy atom. The van der Waals surface area contributed by atoms with Gasteiger partial charge in [-0.1, -0.05) is 31.9 Å². The predicted octanol–water partition coefficient (Wildman–Crippen LogP) is 3.03. The van der Waals surface area contributed by atoms with Gasteiger partial charge in [0.15, 0.2) is 0 Å². The second-order valence-corrected chi connectivity index (χ2v) is 3.75. The molecule has 0 aliphatic rings. The van der Waals surface area contributed by atoms with Crippen LogP contribution >= 0.6 is 0 Å². The Labute approximate surface area is 125 Å². The fourth-order valence-electron chi connectivity index (χ4n) is 0.683. The zero-order valence-corrected chi connectivity index (χ0v) is 12.6. The van der Waals surface area contributed by atoms with Gasteiger partial charge in [0.25, 0.3) is 0 Å². The van der Waals surface area contributed by atoms with Gasteiger partial charge in [0.1, 0.15) is 0 Å². The maximum atomic E-state index is 9.84. The van der Waals surface area contributed by atoms with E-state index in [0.717, 1.165) is 17.3 Å². The van der Waals surface area contributed by atoms with Crippen LogP contribution in [0.25, 0.3) is 6.08 Å². The van der Waals surface area contributed by atoms with Crippen molar-refractivity contribution >= 4 is 18.0 Å². The van der Waals surface area contributed by atoms with Gasteiger partial charge in [-0.3, -0.25) is 4.98 Å². The van der Waals surface area contributed by atoms with Crippen LogP contribution in [0.5, 0.6) is 0 Å². The minimum absolute atomic E-state index is 0.176. The molecule has 1 rings (SSSR count). The number of hydrogen-bond acceptors (Lipinski definition) is 4. The molecule has 5 nitrogen and oxygen atoms in total. The topological polar surface area (TPSA) is 76.5 Å². The van der Waals surface area contributed by atoms with Crippen LogP contribution in [0, 0.1) is 6.92 Å². The molecule has 0 aliphatic heterocycles. The summed E-state index contributed by atoms with van der Waals surface area (Å²) in [6.07, 6.45) is 4.70. The third-order valence-electron chi connectivity index (χ3n) is 1.90. The van der Waals surface area contributed by atoms with Gasteiger partial charge in [-0.15, -0.1) is 0 Å². The van der Waals surface area contributed by atoms with Gasteiger partial charge in [0.2, 0.25) is 0 Å². The third kappa shape index (κ3) is 13.5. The molecule has 1 aromatic heterocycles. The molecule has 0 unspecified atom stereocenters. The van der Waals surface area contributed by atoms with E-state index in [1.54, 1.807) is 6.08 Å². The lowest BCUT2D eigenvalue weighted by molar-refractivity contribution is -0.135. The van der Waals surface area contributed by atoms with E-state index in [1.165, 1.54) is 14.0 Å². The second kappa shape index (κ2) is 12.3. The number of carbonyl (C=O) groups excluding carboxylic acids is 1. The van der Waals surface area contributed by atoms with Crippen LogP contribution in [0.15, 0.2) is 49.7 Å². The molecule has 114 valence electrons. The molecule has 0 saturated heterocycles. The van der Waals surface area contributed by atoms with Crippen molar-refractivity contribution < 1.29 is 19.4 Å². The van der Waals surface area contributed by atoms with E-state index in [0.29, 0.717) is 0 Å². The maximum Gasteiger partial charge on any atom is 0.330 e. The van der Waals surface area contributed by atoms with Crippen LogP contribution in [0.1, 0.15) is 18.2 Å². The first-order chi connectivity index (χ1) is 9.78. The van der Waals surface area contributed by atoms with Crippen LogP contribution < -0.4 is 0 Å². The van der Waals surface area contributed by atoms with Gasteiger partial charge < -0.3 is 9.84 Å². The number of rotatable bonds is 3. The van der Waals surface area contributed by atoms with Crippen LogP contribution in [-0.2, 0) is 14.3 Å². The zero-order chi connectivity index (χ0) is 16.8. The number of aromatic nitrogens is 1. The number of hydrogen-bond donors (Lipinski definition) is 1. The van der Waals surface area contributed by atoms with Crippen molar-refractivity contribution in [2.24, 2.45) is 0 Å². The van der Waals surface area contributed by atoms with Crippen molar-refractivity contribution in [3.63, 3.8) is 0 Å². The van der Waals surface area contributed by atoms with Gasteiger partial charge in [-0.05, 0) is 25.5 Å². The molecule has 0 saturated carbocycles. The number of methoxy groups -OCH3 is 1. The molecule has 1 aromatic rings. The molecule has 1 N–H and O–H groups in total. The van der Waals surface area contributed by atoms with E-state index in [9.17, 15) is 9.59 Å². The van der Waals surface area contributed by atoms with Crippen molar-refractivity contribution in [1.29, 1.82) is 0 Å². The minimum atomic E-state index is -0.935. The number of carboxylic acid groups (broad SMARTS) is 1. The highest BCUT2D eigenvalue weighted by atomic mass is 16.5. The molecule has 0 fully saturated rings. The van der Waals surface area contributed by atoms with Crippen LogP contribution in [0.4, 0.5) is 0 Å². The molecule has 0 aliphatic carbocycles. The summed E-state index contributed by atoms with van der Waals surface area (Å²) in [7, 11) is 1.31. The summed E-state index contributed by atoms with van der Waals surface area (Å²) in [6, 6.07) is 3.96. The number of aliphatic carboxylic acids is 1. The summed E-state index contributed by atoms with van der Waals surface area (Å²) in [5, 5.41) is 7.89. The summed E-state index contributed by atoms with van der Waals surface area (Å²) in [6.45, 7) is 13.3. The van der Waals surface area contributed by atoms with Crippen LogP contribution in [-0.4, -0.2) is 29.1 Å². The van der Waals surface area contributed by atoms with E-state index in [1.807, 2.05) is 25.3 Å². The summed E-state index contributed by atoms with van der Waals surface area (Å²) in [4.78, 5) is 23.5. The lowest BCUT2D eigenvalue weighted by Crippen LogP contribution is -1.92. The highest BCUT2D eigenvalue weighted by Gasteiger charge is 1.90. The van der Waals surface area contributed by atoms with Gasteiger partial charge in [0, 0.05) is 23.5 Å². The van der Waals surface area contributed by atoms with Crippen LogP contribution in [0.2, 0.25) is 0 Å². The smallest absolute Gasteiger partial charge is 0.330 e. The molecule has 0 radical (unpaired) electrons. The Morgan fingerprint density at radius 2 is 1.86 bits per heavy atom.